The summed E-state index contributed by atoms with van der Waals surface area (Å²) in [5, 5.41) is 2.79. The number of benzene rings is 2. The molecule has 0 fully saturated rings. The quantitative estimate of drug-likeness (QED) is 0.763. The van der Waals surface area contributed by atoms with Gasteiger partial charge in [-0.3, -0.25) is 9.59 Å². The highest BCUT2D eigenvalue weighted by Crippen LogP contribution is 2.06. The van der Waals surface area contributed by atoms with E-state index in [1.807, 2.05) is 48.5 Å². The van der Waals surface area contributed by atoms with E-state index in [9.17, 15) is 9.59 Å². The Hall–Kier alpha value is -2.66. The van der Waals surface area contributed by atoms with Crippen molar-refractivity contribution in [2.75, 3.05) is 26.8 Å². The SMILES string of the molecule is COCCN(Cc1ccccc1)C(=O)CCNC(=O)c1ccccc1. The topological polar surface area (TPSA) is 58.6 Å². The highest BCUT2D eigenvalue weighted by Gasteiger charge is 2.14. The predicted octanol–water partition coefficient (Wildman–Crippen LogP) is 2.48. The predicted molar refractivity (Wildman–Crippen MR) is 97.1 cm³/mol. The second-order valence-corrected chi connectivity index (χ2v) is 5.67. The Morgan fingerprint density at radius 2 is 1.64 bits per heavy atom. The van der Waals surface area contributed by atoms with Gasteiger partial charge in [-0.2, -0.15) is 0 Å². The number of rotatable bonds is 9. The molecule has 2 aromatic carbocycles. The van der Waals surface area contributed by atoms with E-state index < -0.39 is 0 Å². The molecule has 0 aliphatic carbocycles. The smallest absolute Gasteiger partial charge is 0.251 e. The lowest BCUT2D eigenvalue weighted by atomic mass is 10.2. The van der Waals surface area contributed by atoms with E-state index in [1.165, 1.54) is 0 Å². The van der Waals surface area contributed by atoms with Crippen LogP contribution in [0, 0.1) is 0 Å². The third kappa shape index (κ3) is 6.39. The summed E-state index contributed by atoms with van der Waals surface area (Å²) in [5.74, 6) is -0.172. The van der Waals surface area contributed by atoms with Crippen molar-refractivity contribution < 1.29 is 14.3 Å². The second kappa shape index (κ2) is 10.3. The maximum atomic E-state index is 12.5. The average molecular weight is 340 g/mol. The molecule has 0 atom stereocenters. The first-order valence-corrected chi connectivity index (χ1v) is 8.34. The standard InChI is InChI=1S/C20H24N2O3/c1-25-15-14-22(16-17-8-4-2-5-9-17)19(23)12-13-21-20(24)18-10-6-3-7-11-18/h2-11H,12-16H2,1H3,(H,21,24). The minimum Gasteiger partial charge on any atom is -0.383 e. The molecule has 0 saturated carbocycles. The van der Waals surface area contributed by atoms with Crippen LogP contribution in [0.3, 0.4) is 0 Å². The minimum absolute atomic E-state index is 0.00531. The molecule has 2 aromatic rings. The molecule has 5 nitrogen and oxygen atoms in total. The van der Waals surface area contributed by atoms with Crippen LogP contribution in [0.2, 0.25) is 0 Å². The molecule has 2 amide bonds. The maximum Gasteiger partial charge on any atom is 0.251 e. The summed E-state index contributed by atoms with van der Waals surface area (Å²) in [5.41, 5.74) is 1.66. The Morgan fingerprint density at radius 1 is 1.00 bits per heavy atom. The Bertz CT molecular complexity index is 659. The molecule has 25 heavy (non-hydrogen) atoms. The van der Waals surface area contributed by atoms with Crippen molar-refractivity contribution in [2.45, 2.75) is 13.0 Å². The summed E-state index contributed by atoms with van der Waals surface area (Å²) in [6, 6.07) is 18.8. The van der Waals surface area contributed by atoms with Crippen molar-refractivity contribution in [1.82, 2.24) is 10.2 Å². The summed E-state index contributed by atoms with van der Waals surface area (Å²) < 4.78 is 5.10. The summed E-state index contributed by atoms with van der Waals surface area (Å²) in [7, 11) is 1.62. The Morgan fingerprint density at radius 3 is 2.28 bits per heavy atom. The minimum atomic E-state index is -0.167. The van der Waals surface area contributed by atoms with Gasteiger partial charge in [0.1, 0.15) is 0 Å². The van der Waals surface area contributed by atoms with Gasteiger partial charge in [-0.25, -0.2) is 0 Å². The molecule has 1 N–H and O–H groups in total. The number of amides is 2. The molecule has 0 heterocycles. The van der Waals surface area contributed by atoms with Gasteiger partial charge in [0.15, 0.2) is 0 Å². The van der Waals surface area contributed by atoms with E-state index in [0.717, 1.165) is 5.56 Å². The van der Waals surface area contributed by atoms with E-state index in [2.05, 4.69) is 5.32 Å². The van der Waals surface area contributed by atoms with Crippen LogP contribution in [0.1, 0.15) is 22.3 Å². The third-order valence-electron chi connectivity index (χ3n) is 3.79. The van der Waals surface area contributed by atoms with Gasteiger partial charge in [0.2, 0.25) is 5.91 Å². The zero-order valence-electron chi connectivity index (χ0n) is 14.5. The molecule has 5 heteroatoms. The van der Waals surface area contributed by atoms with E-state index in [0.29, 0.717) is 31.8 Å². The van der Waals surface area contributed by atoms with Crippen molar-refractivity contribution in [3.63, 3.8) is 0 Å². The lowest BCUT2D eigenvalue weighted by molar-refractivity contribution is -0.132. The fraction of sp³-hybridized carbons (Fsp3) is 0.300. The first kappa shape index (κ1) is 18.7. The molecular weight excluding hydrogens is 316 g/mol. The number of nitrogens with zero attached hydrogens (tertiary/aromatic N) is 1. The van der Waals surface area contributed by atoms with Gasteiger partial charge < -0.3 is 15.0 Å². The number of nitrogens with one attached hydrogen (secondary N) is 1. The molecule has 0 aliphatic heterocycles. The average Bonchev–Trinajstić information content (AvgIpc) is 2.66. The highest BCUT2D eigenvalue weighted by atomic mass is 16.5. The second-order valence-electron chi connectivity index (χ2n) is 5.67. The van der Waals surface area contributed by atoms with Crippen LogP contribution >= 0.6 is 0 Å². The number of carbonyl (C=O) groups excluding carboxylic acids is 2. The largest absolute Gasteiger partial charge is 0.383 e. The molecule has 2 rings (SSSR count). The van der Waals surface area contributed by atoms with Gasteiger partial charge >= 0.3 is 0 Å². The van der Waals surface area contributed by atoms with Gasteiger partial charge in [0, 0.05) is 38.7 Å². The fourth-order valence-electron chi connectivity index (χ4n) is 2.43. The molecule has 0 unspecified atom stereocenters. The first-order chi connectivity index (χ1) is 12.2. The van der Waals surface area contributed by atoms with Crippen LogP contribution in [0.15, 0.2) is 60.7 Å². The van der Waals surface area contributed by atoms with Crippen molar-refractivity contribution >= 4 is 11.8 Å². The van der Waals surface area contributed by atoms with Crippen LogP contribution < -0.4 is 5.32 Å². The first-order valence-electron chi connectivity index (χ1n) is 8.34. The maximum absolute atomic E-state index is 12.5. The van der Waals surface area contributed by atoms with Crippen molar-refractivity contribution in [3.8, 4) is 0 Å². The summed E-state index contributed by atoms with van der Waals surface area (Å²) in [4.78, 5) is 26.3. The Kier molecular flexibility index (Phi) is 7.66. The van der Waals surface area contributed by atoms with Gasteiger partial charge in [0.25, 0.3) is 5.91 Å². The number of hydrogen-bond acceptors (Lipinski definition) is 3. The molecule has 0 saturated heterocycles. The monoisotopic (exact) mass is 340 g/mol. The molecule has 132 valence electrons. The van der Waals surface area contributed by atoms with Crippen molar-refractivity contribution in [1.29, 1.82) is 0 Å². The molecule has 0 radical (unpaired) electrons. The summed E-state index contributed by atoms with van der Waals surface area (Å²) in [6.07, 6.45) is 0.259. The highest BCUT2D eigenvalue weighted by molar-refractivity contribution is 5.94. The van der Waals surface area contributed by atoms with E-state index in [-0.39, 0.29) is 18.2 Å². The lowest BCUT2D eigenvalue weighted by Gasteiger charge is -2.22. The van der Waals surface area contributed by atoms with Crippen molar-refractivity contribution in [3.05, 3.63) is 71.8 Å². The summed E-state index contributed by atoms with van der Waals surface area (Å²) in [6.45, 7) is 1.85. The van der Waals surface area contributed by atoms with Crippen LogP contribution in [0.25, 0.3) is 0 Å². The van der Waals surface area contributed by atoms with Crippen LogP contribution in [-0.2, 0) is 16.1 Å². The zero-order valence-corrected chi connectivity index (χ0v) is 14.5. The normalized spacial score (nSPS) is 10.3. The Labute approximate surface area is 148 Å². The molecule has 0 aromatic heterocycles. The number of carbonyl (C=O) groups is 2. The summed E-state index contributed by atoms with van der Waals surface area (Å²) >= 11 is 0. The van der Waals surface area contributed by atoms with Crippen LogP contribution in [-0.4, -0.2) is 43.5 Å². The molecule has 0 aliphatic rings. The van der Waals surface area contributed by atoms with Gasteiger partial charge in [-0.15, -0.1) is 0 Å². The van der Waals surface area contributed by atoms with Crippen LogP contribution in [0.5, 0.6) is 0 Å². The number of ether oxygens (including phenoxy) is 1. The third-order valence-corrected chi connectivity index (χ3v) is 3.79. The van der Waals surface area contributed by atoms with E-state index in [4.69, 9.17) is 4.74 Å². The molecular formula is C20H24N2O3. The van der Waals surface area contributed by atoms with Crippen LogP contribution in [0.4, 0.5) is 0 Å². The van der Waals surface area contributed by atoms with E-state index >= 15 is 0 Å². The number of hydrogen-bond donors (Lipinski definition) is 1. The van der Waals surface area contributed by atoms with Gasteiger partial charge in [0.05, 0.1) is 6.61 Å². The molecule has 0 bridgehead atoms. The van der Waals surface area contributed by atoms with Crippen molar-refractivity contribution in [2.24, 2.45) is 0 Å². The van der Waals surface area contributed by atoms with Gasteiger partial charge in [-0.05, 0) is 17.7 Å². The zero-order chi connectivity index (χ0) is 17.9. The Balaban J connectivity index is 1.85. The lowest BCUT2D eigenvalue weighted by Crippen LogP contribution is -2.36. The van der Waals surface area contributed by atoms with Gasteiger partial charge in [-0.1, -0.05) is 48.5 Å². The number of methoxy groups -OCH3 is 1. The van der Waals surface area contributed by atoms with E-state index in [1.54, 1.807) is 24.1 Å². The molecule has 0 spiro atoms. The fourth-order valence-corrected chi connectivity index (χ4v) is 2.43.